The zero-order valence-corrected chi connectivity index (χ0v) is 28.6. The monoisotopic (exact) mass is 650 g/mol. The molecule has 1 aliphatic carbocycles. The van der Waals surface area contributed by atoms with E-state index < -0.39 is 0 Å². The summed E-state index contributed by atoms with van der Waals surface area (Å²) in [7, 11) is 0. The quantitative estimate of drug-likeness (QED) is 0.180. The fourth-order valence-corrected chi connectivity index (χ4v) is 9.17. The minimum Gasteiger partial charge on any atom is -0.309 e. The summed E-state index contributed by atoms with van der Waals surface area (Å²) in [6, 6.07) is 62.8. The Balaban J connectivity index is 1.19. The van der Waals surface area contributed by atoms with Gasteiger partial charge in [0.25, 0.3) is 0 Å². The summed E-state index contributed by atoms with van der Waals surface area (Å²) in [5.41, 5.74) is 15.2. The average Bonchev–Trinajstić information content (AvgIpc) is 3.77. The molecule has 0 unspecified atom stereocenters. The van der Waals surface area contributed by atoms with Crippen molar-refractivity contribution in [3.8, 4) is 33.6 Å². The zero-order valence-electron chi connectivity index (χ0n) is 28.6. The first kappa shape index (κ1) is 28.5. The Morgan fingerprint density at radius 1 is 0.392 bits per heavy atom. The van der Waals surface area contributed by atoms with Crippen LogP contribution in [0.15, 0.2) is 170 Å². The van der Waals surface area contributed by atoms with Crippen molar-refractivity contribution in [1.29, 1.82) is 0 Å². The van der Waals surface area contributed by atoms with Gasteiger partial charge in [0, 0.05) is 38.3 Å². The van der Waals surface area contributed by atoms with Crippen LogP contribution in [0.4, 0.5) is 0 Å². The lowest BCUT2D eigenvalue weighted by molar-refractivity contribution is 0.660. The van der Waals surface area contributed by atoms with Crippen LogP contribution in [0.2, 0.25) is 0 Å². The lowest BCUT2D eigenvalue weighted by Gasteiger charge is -2.21. The Morgan fingerprint density at radius 2 is 1.04 bits per heavy atom. The molecule has 0 bridgehead atoms. The van der Waals surface area contributed by atoms with Crippen LogP contribution < -0.4 is 0 Å². The maximum absolute atomic E-state index is 2.47. The zero-order chi connectivity index (χ0) is 33.8. The second kappa shape index (κ2) is 10.3. The summed E-state index contributed by atoms with van der Waals surface area (Å²) in [6.45, 7) is 4.70. The molecule has 0 aliphatic heterocycles. The van der Waals surface area contributed by atoms with Gasteiger partial charge in [-0.25, -0.2) is 0 Å². The molecule has 0 saturated carbocycles. The third kappa shape index (κ3) is 3.88. The van der Waals surface area contributed by atoms with Crippen LogP contribution in [0.3, 0.4) is 0 Å². The normalized spacial score (nSPS) is 13.5. The Bertz CT molecular complexity index is 3030. The Morgan fingerprint density at radius 3 is 1.90 bits per heavy atom. The number of hydrogen-bond acceptors (Lipinski definition) is 0. The van der Waals surface area contributed by atoms with Gasteiger partial charge in [-0.3, -0.25) is 0 Å². The first-order valence-electron chi connectivity index (χ1n) is 17.9. The molecule has 0 fully saturated rings. The number of aromatic nitrogens is 2. The molecule has 2 heteroatoms. The number of fused-ring (bicyclic) bond motifs is 11. The van der Waals surface area contributed by atoms with E-state index in [1.54, 1.807) is 0 Å². The van der Waals surface area contributed by atoms with E-state index in [4.69, 9.17) is 0 Å². The van der Waals surface area contributed by atoms with E-state index in [0.717, 1.165) is 5.69 Å². The fraction of sp³-hybridized carbons (Fsp3) is 0.0612. The lowest BCUT2D eigenvalue weighted by atomic mass is 9.82. The van der Waals surface area contributed by atoms with Crippen molar-refractivity contribution < 1.29 is 0 Å². The van der Waals surface area contributed by atoms with Gasteiger partial charge in [0.05, 0.1) is 22.1 Å². The van der Waals surface area contributed by atoms with Crippen molar-refractivity contribution in [1.82, 2.24) is 9.13 Å². The Labute approximate surface area is 296 Å². The first-order valence-corrected chi connectivity index (χ1v) is 17.9. The molecule has 11 rings (SSSR count). The third-order valence-electron chi connectivity index (χ3n) is 11.5. The predicted octanol–water partition coefficient (Wildman–Crippen LogP) is 13.0. The fourth-order valence-electron chi connectivity index (χ4n) is 9.17. The molecule has 2 heterocycles. The Kier molecular flexibility index (Phi) is 5.76. The molecule has 0 spiro atoms. The molecule has 0 N–H and O–H groups in total. The second-order valence-electron chi connectivity index (χ2n) is 14.5. The third-order valence-corrected chi connectivity index (χ3v) is 11.5. The van der Waals surface area contributed by atoms with E-state index in [1.165, 1.54) is 93.5 Å². The number of para-hydroxylation sites is 2. The number of rotatable bonds is 3. The van der Waals surface area contributed by atoms with Crippen molar-refractivity contribution >= 4 is 54.4 Å². The minimum absolute atomic E-state index is 0.0266. The van der Waals surface area contributed by atoms with Gasteiger partial charge in [-0.1, -0.05) is 135 Å². The highest BCUT2D eigenvalue weighted by atomic mass is 15.0. The van der Waals surface area contributed by atoms with Crippen LogP contribution in [0.25, 0.3) is 88.0 Å². The van der Waals surface area contributed by atoms with Crippen molar-refractivity contribution in [3.63, 3.8) is 0 Å². The van der Waals surface area contributed by atoms with Gasteiger partial charge in [0.2, 0.25) is 0 Å². The molecule has 2 nitrogen and oxygen atoms in total. The number of hydrogen-bond donors (Lipinski definition) is 0. The highest BCUT2D eigenvalue weighted by molar-refractivity contribution is 6.25. The first-order chi connectivity index (χ1) is 25.1. The summed E-state index contributed by atoms with van der Waals surface area (Å²) in [6.07, 6.45) is 0. The minimum atomic E-state index is -0.0266. The van der Waals surface area contributed by atoms with Crippen molar-refractivity contribution in [2.75, 3.05) is 0 Å². The number of benzene rings is 8. The number of nitrogens with zero attached hydrogens (tertiary/aromatic N) is 2. The van der Waals surface area contributed by atoms with Crippen LogP contribution in [-0.2, 0) is 5.41 Å². The predicted molar refractivity (Wildman–Crippen MR) is 216 cm³/mol. The summed E-state index contributed by atoms with van der Waals surface area (Å²) < 4.78 is 4.89. The van der Waals surface area contributed by atoms with Crippen LogP contribution >= 0.6 is 0 Å². The van der Waals surface area contributed by atoms with E-state index in [9.17, 15) is 0 Å². The smallest absolute Gasteiger partial charge is 0.0562 e. The topological polar surface area (TPSA) is 9.86 Å². The summed E-state index contributed by atoms with van der Waals surface area (Å²) in [5.74, 6) is 0. The highest BCUT2D eigenvalue weighted by Crippen LogP contribution is 2.52. The summed E-state index contributed by atoms with van der Waals surface area (Å²) in [5, 5.41) is 7.64. The summed E-state index contributed by atoms with van der Waals surface area (Å²) >= 11 is 0. The van der Waals surface area contributed by atoms with E-state index in [-0.39, 0.29) is 5.41 Å². The molecular formula is C49H34N2. The molecule has 1 aliphatic rings. The molecule has 0 radical (unpaired) electrons. The van der Waals surface area contributed by atoms with E-state index in [1.807, 2.05) is 0 Å². The van der Waals surface area contributed by atoms with Crippen LogP contribution in [-0.4, -0.2) is 9.13 Å². The van der Waals surface area contributed by atoms with Gasteiger partial charge in [0.1, 0.15) is 0 Å². The Hall–Kier alpha value is -6.38. The van der Waals surface area contributed by atoms with Crippen LogP contribution in [0.5, 0.6) is 0 Å². The average molecular weight is 651 g/mol. The lowest BCUT2D eigenvalue weighted by Crippen LogP contribution is -2.14. The van der Waals surface area contributed by atoms with Gasteiger partial charge in [0.15, 0.2) is 0 Å². The molecule has 0 amide bonds. The molecule has 240 valence electrons. The second-order valence-corrected chi connectivity index (χ2v) is 14.5. The van der Waals surface area contributed by atoms with E-state index >= 15 is 0 Å². The van der Waals surface area contributed by atoms with Crippen molar-refractivity contribution in [2.45, 2.75) is 19.3 Å². The van der Waals surface area contributed by atoms with Gasteiger partial charge in [-0.05, 0) is 92.7 Å². The highest BCUT2D eigenvalue weighted by Gasteiger charge is 2.36. The van der Waals surface area contributed by atoms with E-state index in [0.29, 0.717) is 0 Å². The largest absolute Gasteiger partial charge is 0.309 e. The van der Waals surface area contributed by atoms with Gasteiger partial charge in [-0.2, -0.15) is 0 Å². The molecular weight excluding hydrogens is 617 g/mol. The van der Waals surface area contributed by atoms with Gasteiger partial charge in [-0.15, -0.1) is 0 Å². The van der Waals surface area contributed by atoms with Gasteiger partial charge >= 0.3 is 0 Å². The molecule has 8 aromatic carbocycles. The molecule has 0 saturated heterocycles. The van der Waals surface area contributed by atoms with Crippen LogP contribution in [0, 0.1) is 0 Å². The molecule has 10 aromatic rings. The SMILES string of the molecule is CC1(C)c2ccccc2-c2c(-c3ccc(-n4c5cc6c(cc5c5c7ccccc7ccc54)c4ccccc4n6-c4ccccc4)cc3)cccc21. The van der Waals surface area contributed by atoms with E-state index in [2.05, 4.69) is 193 Å². The molecule has 51 heavy (non-hydrogen) atoms. The van der Waals surface area contributed by atoms with Gasteiger partial charge < -0.3 is 9.13 Å². The molecule has 0 atom stereocenters. The van der Waals surface area contributed by atoms with Crippen molar-refractivity contribution in [2.24, 2.45) is 0 Å². The maximum atomic E-state index is 2.47. The maximum Gasteiger partial charge on any atom is 0.0562 e. The van der Waals surface area contributed by atoms with Crippen molar-refractivity contribution in [3.05, 3.63) is 181 Å². The molecule has 2 aromatic heterocycles. The summed E-state index contributed by atoms with van der Waals surface area (Å²) in [4.78, 5) is 0. The van der Waals surface area contributed by atoms with Crippen LogP contribution in [0.1, 0.15) is 25.0 Å². The standard InChI is InChI=1S/C49H34N2/c1-49(2)41-20-10-8-18-38(41)47-35(19-12-21-42(47)49)32-23-26-34(27-24-32)51-44-28-25-31-13-6-7-16-36(31)48(44)40-29-39-37-17-9-11-22-43(37)50(45(39)30-46(40)51)33-14-4-3-5-15-33/h3-30H,1-2H3.